The lowest BCUT2D eigenvalue weighted by molar-refractivity contribution is -0.154. The van der Waals surface area contributed by atoms with E-state index in [9.17, 15) is 9.59 Å². The lowest BCUT2D eigenvalue weighted by Crippen LogP contribution is -2.34. The van der Waals surface area contributed by atoms with Crippen LogP contribution in [-0.4, -0.2) is 36.6 Å². The molecule has 0 amide bonds. The van der Waals surface area contributed by atoms with Crippen LogP contribution in [0.5, 0.6) is 5.75 Å². The highest BCUT2D eigenvalue weighted by Gasteiger charge is 2.20. The number of carbonyl (C=O) groups is 2. The van der Waals surface area contributed by atoms with Gasteiger partial charge in [0.1, 0.15) is 11.8 Å². The first-order chi connectivity index (χ1) is 11.8. The van der Waals surface area contributed by atoms with Gasteiger partial charge in [0, 0.05) is 0 Å². The fraction of sp³-hybridized carbons (Fsp3) is 0.579. The van der Waals surface area contributed by atoms with Gasteiger partial charge in [0.25, 0.3) is 0 Å². The van der Waals surface area contributed by atoms with E-state index in [4.69, 9.17) is 15.2 Å². The molecule has 1 atom stereocenters. The number of hydrogen-bond acceptors (Lipinski definition) is 6. The molecule has 1 aromatic carbocycles. The summed E-state index contributed by atoms with van der Waals surface area (Å²) in [4.78, 5) is 24.0. The molecular weight excluding hydrogens is 374 g/mol. The van der Waals surface area contributed by atoms with E-state index >= 15 is 0 Å². The normalized spacial score (nSPS) is 11.8. The Morgan fingerprint density at radius 3 is 2.12 bits per heavy atom. The molecule has 0 aliphatic heterocycles. The van der Waals surface area contributed by atoms with E-state index in [1.165, 1.54) is 0 Å². The van der Waals surface area contributed by atoms with E-state index in [2.05, 4.69) is 0 Å². The molecule has 0 bridgehead atoms. The number of benzene rings is 1. The van der Waals surface area contributed by atoms with Crippen LogP contribution >= 0.6 is 24.2 Å². The van der Waals surface area contributed by atoms with Crippen molar-refractivity contribution in [3.05, 3.63) is 29.3 Å². The first-order valence-electron chi connectivity index (χ1n) is 8.52. The van der Waals surface area contributed by atoms with Gasteiger partial charge in [0.15, 0.2) is 6.61 Å². The summed E-state index contributed by atoms with van der Waals surface area (Å²) in [6.45, 7) is 7.74. The number of rotatable bonds is 9. The van der Waals surface area contributed by atoms with Gasteiger partial charge in [-0.15, -0.1) is 12.4 Å². The molecule has 148 valence electrons. The Morgan fingerprint density at radius 2 is 1.65 bits per heavy atom. The molecule has 26 heavy (non-hydrogen) atoms. The van der Waals surface area contributed by atoms with Gasteiger partial charge >= 0.3 is 11.9 Å². The topological polar surface area (TPSA) is 78.6 Å². The van der Waals surface area contributed by atoms with Crippen molar-refractivity contribution in [2.45, 2.75) is 52.0 Å². The molecule has 0 radical (unpaired) electrons. The average molecular weight is 404 g/mol. The molecule has 0 saturated carbocycles. The van der Waals surface area contributed by atoms with Crippen LogP contribution in [0.1, 0.15) is 57.1 Å². The van der Waals surface area contributed by atoms with E-state index in [1.807, 2.05) is 52.1 Å². The smallest absolute Gasteiger partial charge is 0.349 e. The van der Waals surface area contributed by atoms with Crippen molar-refractivity contribution in [2.24, 2.45) is 5.73 Å². The molecule has 0 unspecified atom stereocenters. The lowest BCUT2D eigenvalue weighted by Gasteiger charge is -2.19. The first kappa shape index (κ1) is 24.8. The largest absolute Gasteiger partial charge is 0.452 e. The van der Waals surface area contributed by atoms with Crippen molar-refractivity contribution in [3.8, 4) is 5.75 Å². The molecule has 1 rings (SSSR count). The Hall–Kier alpha value is -1.24. The maximum Gasteiger partial charge on any atom is 0.349 e. The molecule has 0 saturated heterocycles. The molecule has 0 fully saturated rings. The molecule has 7 heteroatoms. The first-order valence-corrected chi connectivity index (χ1v) is 9.91. The Labute approximate surface area is 166 Å². The van der Waals surface area contributed by atoms with Crippen LogP contribution < -0.4 is 10.5 Å². The van der Waals surface area contributed by atoms with E-state index < -0.39 is 24.6 Å². The summed E-state index contributed by atoms with van der Waals surface area (Å²) in [7, 11) is 0. The zero-order valence-electron chi connectivity index (χ0n) is 16.1. The maximum atomic E-state index is 12.2. The molecule has 0 heterocycles. The van der Waals surface area contributed by atoms with E-state index in [0.29, 0.717) is 12.2 Å². The van der Waals surface area contributed by atoms with Crippen molar-refractivity contribution < 1.29 is 19.1 Å². The van der Waals surface area contributed by atoms with Crippen LogP contribution in [0.2, 0.25) is 0 Å². The maximum absolute atomic E-state index is 12.2. The summed E-state index contributed by atoms with van der Waals surface area (Å²) in [6, 6.07) is 5.15. The van der Waals surface area contributed by atoms with Gasteiger partial charge in [0.05, 0.1) is 0 Å². The summed E-state index contributed by atoms with van der Waals surface area (Å²) < 4.78 is 10.5. The fourth-order valence-electron chi connectivity index (χ4n) is 2.34. The second kappa shape index (κ2) is 12.2. The molecule has 0 aromatic heterocycles. The minimum absolute atomic E-state index is 0. The number of thioether (sulfide) groups is 1. The SMILES string of the molecule is CSCC[C@@H](N)C(=O)OCC(=O)Oc1c(C(C)C)cccc1C(C)C.Cl. The number of nitrogens with two attached hydrogens (primary N) is 1. The quantitative estimate of drug-likeness (QED) is 0.497. The summed E-state index contributed by atoms with van der Waals surface area (Å²) >= 11 is 1.60. The van der Waals surface area contributed by atoms with Gasteiger partial charge in [-0.2, -0.15) is 11.8 Å². The monoisotopic (exact) mass is 403 g/mol. The third-order valence-electron chi connectivity index (χ3n) is 3.80. The highest BCUT2D eigenvalue weighted by molar-refractivity contribution is 7.98. The third kappa shape index (κ3) is 7.56. The molecule has 5 nitrogen and oxygen atoms in total. The van der Waals surface area contributed by atoms with E-state index in [0.717, 1.165) is 16.9 Å². The Morgan fingerprint density at radius 1 is 1.12 bits per heavy atom. The van der Waals surface area contributed by atoms with Crippen molar-refractivity contribution in [1.29, 1.82) is 0 Å². The summed E-state index contributed by atoms with van der Waals surface area (Å²) in [5, 5.41) is 0. The number of hydrogen-bond donors (Lipinski definition) is 1. The van der Waals surface area contributed by atoms with Gasteiger partial charge in [-0.25, -0.2) is 4.79 Å². The predicted molar refractivity (Wildman–Crippen MR) is 109 cm³/mol. The number of ether oxygens (including phenoxy) is 2. The third-order valence-corrected chi connectivity index (χ3v) is 4.45. The number of halogens is 1. The molecule has 1 aromatic rings. The Balaban J connectivity index is 0.00000625. The molecule has 0 aliphatic rings. The number of carbonyl (C=O) groups excluding carboxylic acids is 2. The number of para-hydroxylation sites is 1. The highest BCUT2D eigenvalue weighted by Crippen LogP contribution is 2.34. The van der Waals surface area contributed by atoms with Crippen molar-refractivity contribution in [2.75, 3.05) is 18.6 Å². The number of esters is 2. The second-order valence-electron chi connectivity index (χ2n) is 6.54. The summed E-state index contributed by atoms with van der Waals surface area (Å²) in [5.41, 5.74) is 7.65. The molecule has 0 aliphatic carbocycles. The molecular formula is C19H30ClNO4S. The van der Waals surface area contributed by atoms with Gasteiger partial charge in [-0.1, -0.05) is 45.9 Å². The zero-order chi connectivity index (χ0) is 19.0. The standard InChI is InChI=1S/C19H29NO4S.ClH/c1-12(2)14-7-6-8-15(13(3)4)18(14)24-17(21)11-23-19(22)16(20)9-10-25-5;/h6-8,12-13,16H,9-11,20H2,1-5H3;1H/t16-;/m1./s1. The Bertz CT molecular complexity index is 567. The summed E-state index contributed by atoms with van der Waals surface area (Å²) in [6.07, 6.45) is 2.45. The van der Waals surface area contributed by atoms with Gasteiger partial charge in [-0.3, -0.25) is 4.79 Å². The van der Waals surface area contributed by atoms with Crippen LogP contribution in [-0.2, 0) is 14.3 Å². The zero-order valence-corrected chi connectivity index (χ0v) is 17.7. The summed E-state index contributed by atoms with van der Waals surface area (Å²) in [5.74, 6) is 0.584. The van der Waals surface area contributed by atoms with Crippen LogP contribution in [0.15, 0.2) is 18.2 Å². The molecule has 0 spiro atoms. The fourth-order valence-corrected chi connectivity index (χ4v) is 2.83. The minimum Gasteiger partial charge on any atom is -0.452 e. The van der Waals surface area contributed by atoms with Gasteiger partial charge in [-0.05, 0) is 41.4 Å². The van der Waals surface area contributed by atoms with E-state index in [-0.39, 0.29) is 24.2 Å². The minimum atomic E-state index is -0.713. The van der Waals surface area contributed by atoms with Gasteiger partial charge < -0.3 is 15.2 Å². The van der Waals surface area contributed by atoms with Crippen LogP contribution in [0.25, 0.3) is 0 Å². The second-order valence-corrected chi connectivity index (χ2v) is 7.53. The highest BCUT2D eigenvalue weighted by atomic mass is 35.5. The molecule has 2 N–H and O–H groups in total. The van der Waals surface area contributed by atoms with Crippen molar-refractivity contribution in [3.63, 3.8) is 0 Å². The predicted octanol–water partition coefficient (Wildman–Crippen LogP) is 3.88. The lowest BCUT2D eigenvalue weighted by atomic mass is 9.94. The van der Waals surface area contributed by atoms with Gasteiger partial charge in [0.2, 0.25) is 0 Å². The van der Waals surface area contributed by atoms with Crippen LogP contribution in [0, 0.1) is 0 Å². The Kier molecular flexibility index (Phi) is 11.6. The average Bonchev–Trinajstić information content (AvgIpc) is 2.57. The van der Waals surface area contributed by atoms with Crippen molar-refractivity contribution in [1.82, 2.24) is 0 Å². The van der Waals surface area contributed by atoms with Crippen LogP contribution in [0.3, 0.4) is 0 Å². The van der Waals surface area contributed by atoms with E-state index in [1.54, 1.807) is 11.8 Å². The van der Waals surface area contributed by atoms with Crippen molar-refractivity contribution >= 4 is 36.1 Å². The van der Waals surface area contributed by atoms with Crippen LogP contribution in [0.4, 0.5) is 0 Å².